The van der Waals surface area contributed by atoms with Crippen molar-refractivity contribution < 1.29 is 23.4 Å². The third-order valence-corrected chi connectivity index (χ3v) is 5.14. The van der Waals surface area contributed by atoms with Gasteiger partial charge in [-0.05, 0) is 61.7 Å². The molecule has 1 aliphatic heterocycles. The van der Waals surface area contributed by atoms with Crippen molar-refractivity contribution >= 4 is 16.9 Å². The summed E-state index contributed by atoms with van der Waals surface area (Å²) < 4.78 is 23.1. The van der Waals surface area contributed by atoms with Gasteiger partial charge in [0, 0.05) is 18.9 Å². The molecule has 6 nitrogen and oxygen atoms in total. The number of carbonyl (C=O) groups excluding carboxylic acids is 1. The highest BCUT2D eigenvalue weighted by molar-refractivity contribution is 5.80. The molecule has 0 aliphatic carbocycles. The lowest BCUT2D eigenvalue weighted by Gasteiger charge is -2.12. The smallest absolute Gasteiger partial charge is 0.217 e. The van der Waals surface area contributed by atoms with Crippen LogP contribution in [0, 0.1) is 0 Å². The van der Waals surface area contributed by atoms with Crippen LogP contribution in [0.4, 0.5) is 0 Å². The maximum atomic E-state index is 11.2. The molecule has 2 heterocycles. The fraction of sp³-hybridized carbons (Fsp3) is 0.375. The molecule has 0 saturated carbocycles. The molecule has 158 valence electrons. The summed E-state index contributed by atoms with van der Waals surface area (Å²) in [7, 11) is 0. The first-order valence-electron chi connectivity index (χ1n) is 10.3. The van der Waals surface area contributed by atoms with Crippen LogP contribution in [-0.4, -0.2) is 25.2 Å². The van der Waals surface area contributed by atoms with Gasteiger partial charge in [0.1, 0.15) is 36.1 Å². The average molecular weight is 409 g/mol. The number of hydrogen-bond acceptors (Lipinski definition) is 5. The van der Waals surface area contributed by atoms with Gasteiger partial charge in [-0.1, -0.05) is 12.1 Å². The first-order chi connectivity index (χ1) is 14.6. The molecule has 2 atom stereocenters. The first-order valence-corrected chi connectivity index (χ1v) is 10.3. The zero-order valence-electron chi connectivity index (χ0n) is 17.4. The zero-order chi connectivity index (χ0) is 20.9. The van der Waals surface area contributed by atoms with E-state index in [1.807, 2.05) is 55.5 Å². The largest absolute Gasteiger partial charge is 0.491 e. The Hall–Kier alpha value is -2.99. The average Bonchev–Trinajstić information content (AvgIpc) is 3.40. The Morgan fingerprint density at radius 2 is 1.93 bits per heavy atom. The highest BCUT2D eigenvalue weighted by atomic mass is 16.5. The van der Waals surface area contributed by atoms with Crippen LogP contribution in [0.5, 0.6) is 11.5 Å². The van der Waals surface area contributed by atoms with Gasteiger partial charge in [-0.3, -0.25) is 4.79 Å². The number of furan rings is 1. The van der Waals surface area contributed by atoms with Crippen molar-refractivity contribution in [2.24, 2.45) is 0 Å². The van der Waals surface area contributed by atoms with Gasteiger partial charge in [0.2, 0.25) is 5.91 Å². The number of ether oxygens (including phenoxy) is 3. The number of hydrogen-bond donors (Lipinski definition) is 1. The Morgan fingerprint density at radius 3 is 2.67 bits per heavy atom. The maximum Gasteiger partial charge on any atom is 0.217 e. The van der Waals surface area contributed by atoms with E-state index in [0.717, 1.165) is 53.2 Å². The molecule has 6 heteroatoms. The molecule has 1 unspecified atom stereocenters. The lowest BCUT2D eigenvalue weighted by molar-refractivity contribution is -0.119. The number of carbonyl (C=O) groups is 1. The van der Waals surface area contributed by atoms with Crippen LogP contribution >= 0.6 is 0 Å². The summed E-state index contributed by atoms with van der Waals surface area (Å²) >= 11 is 0. The fourth-order valence-corrected chi connectivity index (χ4v) is 3.53. The quantitative estimate of drug-likeness (QED) is 0.581. The summed E-state index contributed by atoms with van der Waals surface area (Å²) in [5.41, 5.74) is 1.83. The number of rotatable bonds is 8. The fourth-order valence-electron chi connectivity index (χ4n) is 3.53. The van der Waals surface area contributed by atoms with E-state index in [2.05, 4.69) is 5.32 Å². The van der Waals surface area contributed by atoms with E-state index in [0.29, 0.717) is 13.2 Å². The number of benzene rings is 2. The summed E-state index contributed by atoms with van der Waals surface area (Å²) in [4.78, 5) is 11.2. The molecule has 1 N–H and O–H groups in total. The molecular formula is C24H27NO5. The molecule has 30 heavy (non-hydrogen) atoms. The first kappa shape index (κ1) is 20.3. The number of amides is 1. The highest BCUT2D eigenvalue weighted by Crippen LogP contribution is 2.28. The minimum atomic E-state index is -0.180. The van der Waals surface area contributed by atoms with Crippen molar-refractivity contribution in [1.29, 1.82) is 0 Å². The molecule has 1 aliphatic rings. The van der Waals surface area contributed by atoms with Gasteiger partial charge in [-0.2, -0.15) is 0 Å². The van der Waals surface area contributed by atoms with E-state index < -0.39 is 0 Å². The Morgan fingerprint density at radius 1 is 1.13 bits per heavy atom. The zero-order valence-corrected chi connectivity index (χ0v) is 17.4. The molecule has 1 amide bonds. The summed E-state index contributed by atoms with van der Waals surface area (Å²) in [5.74, 6) is 2.24. The van der Waals surface area contributed by atoms with Crippen molar-refractivity contribution in [3.05, 3.63) is 59.9 Å². The van der Waals surface area contributed by atoms with E-state index in [9.17, 15) is 4.79 Å². The van der Waals surface area contributed by atoms with E-state index in [-0.39, 0.29) is 18.1 Å². The van der Waals surface area contributed by atoms with Crippen molar-refractivity contribution in [3.63, 3.8) is 0 Å². The Kier molecular flexibility index (Phi) is 6.23. The van der Waals surface area contributed by atoms with Gasteiger partial charge >= 0.3 is 0 Å². The SMILES string of the molecule is CC(=O)NC(C)c1cc2cc(OCc3ccc(OC[C@@H]4CCCO4)cc3)ccc2o1. The van der Waals surface area contributed by atoms with Crippen LogP contribution in [0.25, 0.3) is 11.0 Å². The van der Waals surface area contributed by atoms with Crippen molar-refractivity contribution in [1.82, 2.24) is 5.32 Å². The summed E-state index contributed by atoms with van der Waals surface area (Å²) in [6, 6.07) is 15.4. The number of nitrogens with one attached hydrogen (secondary N) is 1. The monoisotopic (exact) mass is 409 g/mol. The maximum absolute atomic E-state index is 11.2. The second-order valence-electron chi connectivity index (χ2n) is 7.65. The molecule has 4 rings (SSSR count). The van der Waals surface area contributed by atoms with Crippen LogP contribution in [0.3, 0.4) is 0 Å². The molecule has 0 spiro atoms. The van der Waals surface area contributed by atoms with Gasteiger partial charge in [0.15, 0.2) is 0 Å². The lowest BCUT2D eigenvalue weighted by atomic mass is 10.2. The van der Waals surface area contributed by atoms with Crippen LogP contribution < -0.4 is 14.8 Å². The van der Waals surface area contributed by atoms with Crippen LogP contribution in [0.1, 0.15) is 44.1 Å². The topological polar surface area (TPSA) is 69.9 Å². The highest BCUT2D eigenvalue weighted by Gasteiger charge is 2.16. The Balaban J connectivity index is 1.33. The van der Waals surface area contributed by atoms with Gasteiger partial charge in [-0.15, -0.1) is 0 Å². The third-order valence-electron chi connectivity index (χ3n) is 5.14. The van der Waals surface area contributed by atoms with Gasteiger partial charge in [0.25, 0.3) is 0 Å². The third kappa shape index (κ3) is 5.13. The molecule has 2 aromatic carbocycles. The molecule has 1 fully saturated rings. The van der Waals surface area contributed by atoms with Crippen molar-refractivity contribution in [3.8, 4) is 11.5 Å². The van der Waals surface area contributed by atoms with Crippen LogP contribution in [0.2, 0.25) is 0 Å². The second kappa shape index (κ2) is 9.22. The van der Waals surface area contributed by atoms with E-state index in [1.165, 1.54) is 6.92 Å². The molecular weight excluding hydrogens is 382 g/mol. The summed E-state index contributed by atoms with van der Waals surface area (Å²) in [6.45, 7) is 5.29. The summed E-state index contributed by atoms with van der Waals surface area (Å²) in [5, 5.41) is 3.77. The predicted molar refractivity (Wildman–Crippen MR) is 114 cm³/mol. The minimum absolute atomic E-state index is 0.0877. The number of fused-ring (bicyclic) bond motifs is 1. The van der Waals surface area contributed by atoms with Gasteiger partial charge in [0.05, 0.1) is 12.1 Å². The van der Waals surface area contributed by atoms with Gasteiger partial charge in [-0.25, -0.2) is 0 Å². The van der Waals surface area contributed by atoms with Crippen LogP contribution in [-0.2, 0) is 16.1 Å². The molecule has 0 radical (unpaired) electrons. The lowest BCUT2D eigenvalue weighted by Crippen LogP contribution is -2.23. The molecule has 1 aromatic heterocycles. The standard InChI is InChI=1S/C24H27NO5/c1-16(25-17(2)26)24-13-19-12-21(9-10-23(19)30-24)28-14-18-5-7-20(8-6-18)29-15-22-4-3-11-27-22/h5-10,12-13,16,22H,3-4,11,14-15H2,1-2H3,(H,25,26)/t16?,22-/m0/s1. The van der Waals surface area contributed by atoms with Crippen molar-refractivity contribution in [2.75, 3.05) is 13.2 Å². The van der Waals surface area contributed by atoms with Gasteiger partial charge < -0.3 is 23.9 Å². The van der Waals surface area contributed by atoms with E-state index in [4.69, 9.17) is 18.6 Å². The van der Waals surface area contributed by atoms with Crippen molar-refractivity contribution in [2.45, 2.75) is 45.4 Å². The molecule has 3 aromatic rings. The van der Waals surface area contributed by atoms with Crippen LogP contribution in [0.15, 0.2) is 52.9 Å². The molecule has 1 saturated heterocycles. The molecule has 0 bridgehead atoms. The predicted octanol–water partition coefficient (Wildman–Crippen LogP) is 4.77. The summed E-state index contributed by atoms with van der Waals surface area (Å²) in [6.07, 6.45) is 2.40. The normalized spacial score (nSPS) is 17.1. The second-order valence-corrected chi connectivity index (χ2v) is 7.65. The Bertz CT molecular complexity index is 989. The minimum Gasteiger partial charge on any atom is -0.491 e. The van der Waals surface area contributed by atoms with E-state index >= 15 is 0 Å². The Labute approximate surface area is 176 Å². The van der Waals surface area contributed by atoms with E-state index in [1.54, 1.807) is 0 Å².